The summed E-state index contributed by atoms with van der Waals surface area (Å²) in [6.45, 7) is 3.35. The second-order valence-electron chi connectivity index (χ2n) is 8.78. The van der Waals surface area contributed by atoms with Crippen molar-refractivity contribution in [2.24, 2.45) is 0 Å². The van der Waals surface area contributed by atoms with Crippen LogP contribution < -0.4 is 15.4 Å². The number of pyridine rings is 2. The van der Waals surface area contributed by atoms with E-state index >= 15 is 0 Å². The minimum absolute atomic E-state index is 0.635. The van der Waals surface area contributed by atoms with Crippen LogP contribution >= 0.6 is 0 Å². The largest absolute Gasteiger partial charge is 0.490 e. The van der Waals surface area contributed by atoms with Crippen LogP contribution in [-0.4, -0.2) is 40.9 Å². The summed E-state index contributed by atoms with van der Waals surface area (Å²) in [6.07, 6.45) is -0.253. The molecule has 2 aromatic carbocycles. The van der Waals surface area contributed by atoms with Gasteiger partial charge in [0.1, 0.15) is 0 Å². The van der Waals surface area contributed by atoms with Crippen molar-refractivity contribution in [3.63, 3.8) is 0 Å². The molecule has 0 saturated heterocycles. The fourth-order valence-corrected chi connectivity index (χ4v) is 3.59. The van der Waals surface area contributed by atoms with Crippen LogP contribution in [0.15, 0.2) is 91.3 Å². The number of carboxylic acids is 1. The first-order valence-corrected chi connectivity index (χ1v) is 12.5. The monoisotopic (exact) mass is 552 g/mol. The smallest absolute Gasteiger partial charge is 0.481 e. The molecule has 3 N–H and O–H groups in total. The molecule has 0 aliphatic heterocycles. The molecule has 0 aliphatic carbocycles. The predicted molar refractivity (Wildman–Crippen MR) is 147 cm³/mol. The molecule has 0 saturated carbocycles. The number of alkyl halides is 3. The summed E-state index contributed by atoms with van der Waals surface area (Å²) < 4.78 is 36.8. The standard InChI is InChI=1S/C28H30N4O.C2HF3O2/c1-33-28-14-10-25(21-32-28)19-30-17-23-7-11-26(12-8-23)27-13-9-24(20-31-27)18-29-16-15-22-5-3-2-4-6-22;3-2(4,5)1(6)7/h2-14,20-21,29-30H,15-19H2,1H3;(H,6,7). The Hall–Kier alpha value is -4.28. The van der Waals surface area contributed by atoms with Gasteiger partial charge < -0.3 is 20.5 Å². The quantitative estimate of drug-likeness (QED) is 0.214. The lowest BCUT2D eigenvalue weighted by Gasteiger charge is -2.08. The van der Waals surface area contributed by atoms with Crippen molar-refractivity contribution in [1.29, 1.82) is 0 Å². The van der Waals surface area contributed by atoms with E-state index in [1.165, 1.54) is 16.7 Å². The molecule has 7 nitrogen and oxygen atoms in total. The van der Waals surface area contributed by atoms with Crippen molar-refractivity contribution in [3.8, 4) is 17.1 Å². The van der Waals surface area contributed by atoms with Crippen LogP contribution in [0.5, 0.6) is 5.88 Å². The Balaban J connectivity index is 0.000000559. The van der Waals surface area contributed by atoms with Gasteiger partial charge in [-0.1, -0.05) is 66.7 Å². The number of benzene rings is 2. The molecule has 210 valence electrons. The topological polar surface area (TPSA) is 96.4 Å². The van der Waals surface area contributed by atoms with E-state index in [1.807, 2.05) is 24.5 Å². The Labute approximate surface area is 231 Å². The third-order valence-electron chi connectivity index (χ3n) is 5.74. The second kappa shape index (κ2) is 15.3. The van der Waals surface area contributed by atoms with E-state index in [2.05, 4.69) is 87.3 Å². The maximum atomic E-state index is 10.6. The van der Waals surface area contributed by atoms with Crippen LogP contribution in [0, 0.1) is 0 Å². The zero-order valence-electron chi connectivity index (χ0n) is 22.0. The van der Waals surface area contributed by atoms with Crippen molar-refractivity contribution in [1.82, 2.24) is 20.6 Å². The van der Waals surface area contributed by atoms with Gasteiger partial charge in [0.15, 0.2) is 0 Å². The lowest BCUT2D eigenvalue weighted by molar-refractivity contribution is -0.192. The van der Waals surface area contributed by atoms with Crippen molar-refractivity contribution in [3.05, 3.63) is 114 Å². The zero-order chi connectivity index (χ0) is 28.8. The normalized spacial score (nSPS) is 10.9. The first-order chi connectivity index (χ1) is 19.2. The Morgan fingerprint density at radius 3 is 1.90 bits per heavy atom. The fraction of sp³-hybridized carbons (Fsp3) is 0.233. The molecule has 0 atom stereocenters. The number of hydrogen-bond donors (Lipinski definition) is 3. The molecule has 2 heterocycles. The van der Waals surface area contributed by atoms with Crippen LogP contribution in [-0.2, 0) is 30.8 Å². The molecule has 0 radical (unpaired) electrons. The Morgan fingerprint density at radius 2 is 1.35 bits per heavy atom. The van der Waals surface area contributed by atoms with Crippen LogP contribution in [0.3, 0.4) is 0 Å². The van der Waals surface area contributed by atoms with Crippen LogP contribution in [0.1, 0.15) is 22.3 Å². The minimum atomic E-state index is -5.08. The Bertz CT molecular complexity index is 1300. The van der Waals surface area contributed by atoms with Gasteiger partial charge in [0, 0.05) is 43.7 Å². The molecule has 0 fully saturated rings. The van der Waals surface area contributed by atoms with Crippen molar-refractivity contribution >= 4 is 5.97 Å². The molecule has 0 unspecified atom stereocenters. The van der Waals surface area contributed by atoms with Gasteiger partial charge in [0.25, 0.3) is 0 Å². The highest BCUT2D eigenvalue weighted by molar-refractivity contribution is 5.73. The van der Waals surface area contributed by atoms with Gasteiger partial charge in [0.05, 0.1) is 12.8 Å². The Morgan fingerprint density at radius 1 is 0.775 bits per heavy atom. The molecule has 40 heavy (non-hydrogen) atoms. The lowest BCUT2D eigenvalue weighted by atomic mass is 10.1. The second-order valence-corrected chi connectivity index (χ2v) is 8.78. The Kier molecular flexibility index (Phi) is 11.6. The van der Waals surface area contributed by atoms with Gasteiger partial charge in [-0.2, -0.15) is 13.2 Å². The third kappa shape index (κ3) is 10.5. The van der Waals surface area contributed by atoms with E-state index in [0.717, 1.165) is 49.4 Å². The molecule has 4 aromatic rings. The molecule has 0 spiro atoms. The van der Waals surface area contributed by atoms with Crippen LogP contribution in [0.25, 0.3) is 11.3 Å². The highest BCUT2D eigenvalue weighted by Crippen LogP contribution is 2.18. The fourth-order valence-electron chi connectivity index (χ4n) is 3.59. The number of aromatic nitrogens is 2. The average molecular weight is 553 g/mol. The first-order valence-electron chi connectivity index (χ1n) is 12.5. The molecular formula is C30H31F3N4O3. The number of hydrogen-bond acceptors (Lipinski definition) is 6. The van der Waals surface area contributed by atoms with Gasteiger partial charge >= 0.3 is 12.1 Å². The van der Waals surface area contributed by atoms with Crippen LogP contribution in [0.2, 0.25) is 0 Å². The van der Waals surface area contributed by atoms with Gasteiger partial charge in [-0.15, -0.1) is 0 Å². The first kappa shape index (κ1) is 30.3. The molecule has 4 rings (SSSR count). The lowest BCUT2D eigenvalue weighted by Crippen LogP contribution is -2.21. The van der Waals surface area contributed by atoms with Crippen LogP contribution in [0.4, 0.5) is 13.2 Å². The molecular weight excluding hydrogens is 521 g/mol. The number of ether oxygens (including phenoxy) is 1. The number of carboxylic acid groups (broad SMARTS) is 1. The summed E-state index contributed by atoms with van der Waals surface area (Å²) in [5.41, 5.74) is 7.04. The molecule has 0 bridgehead atoms. The van der Waals surface area contributed by atoms with E-state index in [1.54, 1.807) is 7.11 Å². The number of rotatable bonds is 11. The number of halogens is 3. The number of aliphatic carboxylic acids is 1. The summed E-state index contributed by atoms with van der Waals surface area (Å²) >= 11 is 0. The highest BCUT2D eigenvalue weighted by Gasteiger charge is 2.38. The van der Waals surface area contributed by atoms with Gasteiger partial charge in [-0.25, -0.2) is 9.78 Å². The maximum Gasteiger partial charge on any atom is 0.490 e. The predicted octanol–water partition coefficient (Wildman–Crippen LogP) is 5.41. The number of nitrogens with zero attached hydrogens (tertiary/aromatic N) is 2. The number of carbonyl (C=O) groups is 1. The average Bonchev–Trinajstić information content (AvgIpc) is 2.97. The van der Waals surface area contributed by atoms with Crippen molar-refractivity contribution in [2.45, 2.75) is 32.2 Å². The SMILES string of the molecule is COc1ccc(CNCc2ccc(-c3ccc(CNCCc4ccccc4)cn3)cc2)cn1.O=C(O)C(F)(F)F. The maximum absolute atomic E-state index is 10.6. The molecule has 0 amide bonds. The van der Waals surface area contributed by atoms with Gasteiger partial charge in [-0.05, 0) is 41.3 Å². The zero-order valence-corrected chi connectivity index (χ0v) is 22.0. The van der Waals surface area contributed by atoms with E-state index in [9.17, 15) is 13.2 Å². The summed E-state index contributed by atoms with van der Waals surface area (Å²) in [4.78, 5) is 17.8. The highest BCUT2D eigenvalue weighted by atomic mass is 19.4. The molecule has 0 aliphatic rings. The van der Waals surface area contributed by atoms with Gasteiger partial charge in [0.2, 0.25) is 5.88 Å². The summed E-state index contributed by atoms with van der Waals surface area (Å²) in [6, 6.07) is 27.3. The number of methoxy groups -OCH3 is 1. The van der Waals surface area contributed by atoms with Gasteiger partial charge in [-0.3, -0.25) is 4.98 Å². The summed E-state index contributed by atoms with van der Waals surface area (Å²) in [5, 5.41) is 14.1. The molecule has 2 aromatic heterocycles. The minimum Gasteiger partial charge on any atom is -0.481 e. The summed E-state index contributed by atoms with van der Waals surface area (Å²) in [7, 11) is 1.62. The van der Waals surface area contributed by atoms with Crippen molar-refractivity contribution in [2.75, 3.05) is 13.7 Å². The van der Waals surface area contributed by atoms with E-state index in [-0.39, 0.29) is 0 Å². The summed E-state index contributed by atoms with van der Waals surface area (Å²) in [5.74, 6) is -2.12. The van der Waals surface area contributed by atoms with E-state index < -0.39 is 12.1 Å². The molecule has 10 heteroatoms. The van der Waals surface area contributed by atoms with E-state index in [4.69, 9.17) is 14.6 Å². The number of nitrogens with one attached hydrogen (secondary N) is 2. The van der Waals surface area contributed by atoms with Crippen molar-refractivity contribution < 1.29 is 27.8 Å². The van der Waals surface area contributed by atoms with E-state index in [0.29, 0.717) is 5.88 Å². The third-order valence-corrected chi connectivity index (χ3v) is 5.74.